The van der Waals surface area contributed by atoms with Crippen LogP contribution in [-0.4, -0.2) is 47.3 Å². The van der Waals surface area contributed by atoms with Gasteiger partial charge in [0.05, 0.1) is 28.9 Å². The number of halogens is 3. The van der Waals surface area contributed by atoms with Crippen molar-refractivity contribution in [1.82, 2.24) is 30.2 Å². The molecule has 0 aliphatic rings. The highest BCUT2D eigenvalue weighted by atomic mass is 35.5. The first-order valence-corrected chi connectivity index (χ1v) is 10.0. The zero-order valence-electron chi connectivity index (χ0n) is 16.6. The van der Waals surface area contributed by atoms with Gasteiger partial charge >= 0.3 is 5.97 Å². The summed E-state index contributed by atoms with van der Waals surface area (Å²) in [6.45, 7) is 0.00455. The maximum atomic E-state index is 14.6. The van der Waals surface area contributed by atoms with Crippen LogP contribution in [0, 0.1) is 11.6 Å². The largest absolute Gasteiger partial charge is 0.481 e. The highest BCUT2D eigenvalue weighted by molar-refractivity contribution is 7.13. The molecule has 3 N–H and O–H groups in total. The molecule has 0 fully saturated rings. The molecule has 0 bridgehead atoms. The first-order valence-electron chi connectivity index (χ1n) is 9.16. The second-order valence-corrected chi connectivity index (χ2v) is 7.53. The molecule has 3 aromatic heterocycles. The highest BCUT2D eigenvalue weighted by Crippen LogP contribution is 2.30. The third kappa shape index (κ3) is 5.83. The van der Waals surface area contributed by atoms with E-state index >= 15 is 0 Å². The number of thiazole rings is 1. The van der Waals surface area contributed by atoms with Crippen molar-refractivity contribution in [3.8, 4) is 33.5 Å². The van der Waals surface area contributed by atoms with Crippen LogP contribution >= 0.6 is 23.7 Å². The van der Waals surface area contributed by atoms with Gasteiger partial charge in [-0.25, -0.2) is 13.8 Å². The van der Waals surface area contributed by atoms with E-state index in [0.717, 1.165) is 15.7 Å². The molecule has 0 saturated carbocycles. The third-order valence-electron chi connectivity index (χ3n) is 4.21. The van der Waals surface area contributed by atoms with E-state index in [2.05, 4.69) is 25.4 Å². The van der Waals surface area contributed by atoms with Gasteiger partial charge in [-0.05, 0) is 23.4 Å². The van der Waals surface area contributed by atoms with Crippen LogP contribution in [0.15, 0.2) is 42.2 Å². The Kier molecular flexibility index (Phi) is 7.58. The third-order valence-corrected chi connectivity index (χ3v) is 5.03. The fourth-order valence-electron chi connectivity index (χ4n) is 2.77. The number of nitrogens with zero attached hydrogens (tertiary/aromatic N) is 6. The zero-order chi connectivity index (χ0) is 22.7. The van der Waals surface area contributed by atoms with E-state index in [1.165, 1.54) is 35.7 Å². The minimum atomic E-state index is -1.05. The Hall–Kier alpha value is -3.55. The van der Waals surface area contributed by atoms with Gasteiger partial charge in [0.15, 0.2) is 5.82 Å². The summed E-state index contributed by atoms with van der Waals surface area (Å²) >= 11 is 1.34. The summed E-state index contributed by atoms with van der Waals surface area (Å²) in [5.41, 5.74) is 7.90. The molecule has 0 aliphatic heterocycles. The van der Waals surface area contributed by atoms with Crippen molar-refractivity contribution in [3.05, 3.63) is 53.8 Å². The van der Waals surface area contributed by atoms with Crippen LogP contribution in [0.1, 0.15) is 6.42 Å². The predicted molar refractivity (Wildman–Crippen MR) is 116 cm³/mol. The zero-order valence-corrected chi connectivity index (χ0v) is 18.3. The maximum Gasteiger partial charge on any atom is 0.304 e. The number of carbonyl (C=O) groups is 1. The average molecular weight is 496 g/mol. The summed E-state index contributed by atoms with van der Waals surface area (Å²) in [6, 6.07) is 4.35. The molecule has 14 heteroatoms. The number of hydrogen-bond acceptors (Lipinski definition) is 9. The van der Waals surface area contributed by atoms with Crippen molar-refractivity contribution in [1.29, 1.82) is 0 Å². The molecule has 0 amide bonds. The van der Waals surface area contributed by atoms with Gasteiger partial charge in [0.2, 0.25) is 5.82 Å². The SMILES string of the molecule is Cl.N[C@@H](CC(=O)O)Cn1nnc(-c2ccc(Oc3ncc(-c4cncs4)cc3F)cc2F)n1. The topological polar surface area (TPSA) is 142 Å². The van der Waals surface area contributed by atoms with Gasteiger partial charge in [-0.2, -0.15) is 4.80 Å². The Balaban J connectivity index is 0.00000306. The predicted octanol–water partition coefficient (Wildman–Crippen LogP) is 3.15. The van der Waals surface area contributed by atoms with E-state index in [9.17, 15) is 13.6 Å². The Morgan fingerprint density at radius 3 is 2.73 bits per heavy atom. The maximum absolute atomic E-state index is 14.6. The van der Waals surface area contributed by atoms with Crippen molar-refractivity contribution < 1.29 is 23.4 Å². The smallest absolute Gasteiger partial charge is 0.304 e. The van der Waals surface area contributed by atoms with Gasteiger partial charge in [-0.1, -0.05) is 0 Å². The van der Waals surface area contributed by atoms with E-state index < -0.39 is 23.6 Å². The lowest BCUT2D eigenvalue weighted by molar-refractivity contribution is -0.137. The highest BCUT2D eigenvalue weighted by Gasteiger charge is 2.16. The minimum absolute atomic E-state index is 0. The number of carboxylic acid groups (broad SMARTS) is 1. The lowest BCUT2D eigenvalue weighted by Crippen LogP contribution is -2.30. The fourth-order valence-corrected chi connectivity index (χ4v) is 3.38. The van der Waals surface area contributed by atoms with Crippen molar-refractivity contribution in [2.75, 3.05) is 0 Å². The van der Waals surface area contributed by atoms with Gasteiger partial charge < -0.3 is 15.6 Å². The number of ether oxygens (including phenoxy) is 1. The molecule has 1 aromatic carbocycles. The molecule has 0 unspecified atom stereocenters. The number of aromatic nitrogens is 6. The number of tetrazole rings is 1. The molecule has 0 radical (unpaired) electrons. The first kappa shape index (κ1) is 24.1. The van der Waals surface area contributed by atoms with Crippen molar-refractivity contribution in [2.24, 2.45) is 5.73 Å². The van der Waals surface area contributed by atoms with E-state index in [4.69, 9.17) is 15.6 Å². The monoisotopic (exact) mass is 495 g/mol. The molecule has 3 heterocycles. The summed E-state index contributed by atoms with van der Waals surface area (Å²) in [7, 11) is 0. The molecular formula is C19H16ClF2N7O3S. The molecule has 0 aliphatic carbocycles. The second kappa shape index (κ2) is 10.4. The van der Waals surface area contributed by atoms with Crippen LogP contribution in [0.5, 0.6) is 11.6 Å². The standard InChI is InChI=1S/C19H15F2N7O3S.ClH/c20-14-5-12(31-19-15(21)3-10(6-24-19)16-7-23-9-32-16)1-2-13(14)18-25-27-28(26-18)8-11(22)4-17(29)30;/h1-3,5-7,9,11H,4,8,22H2,(H,29,30);1H/t11-;/m0./s1. The number of carboxylic acids is 1. The lowest BCUT2D eigenvalue weighted by atomic mass is 10.2. The Bertz CT molecular complexity index is 1260. The second-order valence-electron chi connectivity index (χ2n) is 6.65. The molecule has 10 nitrogen and oxygen atoms in total. The van der Waals surface area contributed by atoms with Crippen molar-refractivity contribution in [3.63, 3.8) is 0 Å². The van der Waals surface area contributed by atoms with Gasteiger partial charge in [0.1, 0.15) is 11.6 Å². The van der Waals surface area contributed by atoms with Gasteiger partial charge in [0.25, 0.3) is 5.88 Å². The molecule has 33 heavy (non-hydrogen) atoms. The number of hydrogen-bond donors (Lipinski definition) is 2. The summed E-state index contributed by atoms with van der Waals surface area (Å²) in [4.78, 5) is 20.4. The van der Waals surface area contributed by atoms with E-state index in [1.54, 1.807) is 11.7 Å². The number of pyridine rings is 1. The molecule has 4 rings (SSSR count). The molecule has 1 atom stereocenters. The van der Waals surface area contributed by atoms with Crippen LogP contribution in [0.2, 0.25) is 0 Å². The van der Waals surface area contributed by atoms with E-state index in [1.807, 2.05) is 0 Å². The first-order chi connectivity index (χ1) is 15.4. The van der Waals surface area contributed by atoms with Crippen molar-refractivity contribution in [2.45, 2.75) is 19.0 Å². The summed E-state index contributed by atoms with van der Waals surface area (Å²) in [6.07, 6.45) is 2.76. The number of rotatable bonds is 8. The molecule has 172 valence electrons. The minimum Gasteiger partial charge on any atom is -0.481 e. The normalized spacial score (nSPS) is 11.6. The lowest BCUT2D eigenvalue weighted by Gasteiger charge is -2.08. The number of aliphatic carboxylic acids is 1. The van der Waals surface area contributed by atoms with Gasteiger partial charge in [-0.15, -0.1) is 33.9 Å². The number of benzene rings is 1. The Morgan fingerprint density at radius 1 is 1.24 bits per heavy atom. The molecular weight excluding hydrogens is 480 g/mol. The average Bonchev–Trinajstić information content (AvgIpc) is 3.41. The van der Waals surface area contributed by atoms with Crippen LogP contribution in [0.25, 0.3) is 21.8 Å². The van der Waals surface area contributed by atoms with E-state index in [-0.39, 0.29) is 48.4 Å². The molecule has 4 aromatic rings. The van der Waals surface area contributed by atoms with Crippen molar-refractivity contribution >= 4 is 29.7 Å². The van der Waals surface area contributed by atoms with E-state index in [0.29, 0.717) is 5.56 Å². The molecule has 0 saturated heterocycles. The van der Waals surface area contributed by atoms with Crippen LogP contribution in [0.4, 0.5) is 8.78 Å². The number of nitrogens with two attached hydrogens (primary N) is 1. The van der Waals surface area contributed by atoms with Gasteiger partial charge in [0, 0.05) is 30.1 Å². The Morgan fingerprint density at radius 2 is 2.06 bits per heavy atom. The van der Waals surface area contributed by atoms with Crippen LogP contribution in [-0.2, 0) is 11.3 Å². The van der Waals surface area contributed by atoms with Crippen LogP contribution in [0.3, 0.4) is 0 Å². The summed E-state index contributed by atoms with van der Waals surface area (Å²) in [5, 5.41) is 20.3. The van der Waals surface area contributed by atoms with Crippen LogP contribution < -0.4 is 10.5 Å². The molecule has 0 spiro atoms. The Labute approximate surface area is 195 Å². The summed E-state index contributed by atoms with van der Waals surface area (Å²) in [5.74, 6) is -2.78. The van der Waals surface area contributed by atoms with Gasteiger partial charge in [-0.3, -0.25) is 9.78 Å². The quantitative estimate of drug-likeness (QED) is 0.377. The summed E-state index contributed by atoms with van der Waals surface area (Å²) < 4.78 is 34.4. The fraction of sp³-hybridized carbons (Fsp3) is 0.158.